The fraction of sp³-hybridized carbons (Fsp3) is 0.818. The molecule has 0 aromatic heterocycles. The zero-order valence-electron chi connectivity index (χ0n) is 10.3. The van der Waals surface area contributed by atoms with Crippen LogP contribution in [-0.4, -0.2) is 61.8 Å². The van der Waals surface area contributed by atoms with E-state index in [2.05, 4.69) is 5.32 Å². The highest BCUT2D eigenvalue weighted by Gasteiger charge is 2.32. The molecule has 0 aromatic rings. The third-order valence-corrected chi connectivity index (χ3v) is 3.12. The molecule has 0 radical (unpaired) electrons. The minimum atomic E-state index is -0.899. The quantitative estimate of drug-likeness (QED) is 0.684. The molecule has 1 rings (SSSR count). The second-order valence-corrected chi connectivity index (χ2v) is 4.26. The van der Waals surface area contributed by atoms with Gasteiger partial charge in [0.2, 0.25) is 5.91 Å². The number of ether oxygens (including phenoxy) is 1. The van der Waals surface area contributed by atoms with Crippen LogP contribution in [0.2, 0.25) is 0 Å². The van der Waals surface area contributed by atoms with Gasteiger partial charge in [-0.05, 0) is 19.4 Å². The number of carboxylic acid groups (broad SMARTS) is 1. The van der Waals surface area contributed by atoms with Crippen LogP contribution in [0.1, 0.15) is 12.8 Å². The summed E-state index contributed by atoms with van der Waals surface area (Å²) in [5.74, 6) is -1.03. The number of methoxy groups -OCH3 is 1. The molecule has 0 aliphatic carbocycles. The van der Waals surface area contributed by atoms with Crippen LogP contribution in [0.3, 0.4) is 0 Å². The molecule has 1 heterocycles. The number of hydrogen-bond acceptors (Lipinski definition) is 4. The number of aliphatic carboxylic acids is 1. The average molecular weight is 244 g/mol. The lowest BCUT2D eigenvalue weighted by Crippen LogP contribution is -2.51. The van der Waals surface area contributed by atoms with E-state index in [1.807, 2.05) is 4.90 Å². The number of nitrogens with zero attached hydrogens (tertiary/aromatic N) is 1. The summed E-state index contributed by atoms with van der Waals surface area (Å²) in [6, 6.07) is -0.660. The Hall–Kier alpha value is -1.14. The highest BCUT2D eigenvalue weighted by atomic mass is 16.5. The van der Waals surface area contributed by atoms with Crippen molar-refractivity contribution in [2.24, 2.45) is 5.92 Å². The maximum Gasteiger partial charge on any atom is 0.323 e. The van der Waals surface area contributed by atoms with Gasteiger partial charge in [0, 0.05) is 20.7 Å². The Morgan fingerprint density at radius 3 is 2.82 bits per heavy atom. The molecule has 6 nitrogen and oxygen atoms in total. The van der Waals surface area contributed by atoms with Gasteiger partial charge >= 0.3 is 5.97 Å². The smallest absolute Gasteiger partial charge is 0.323 e. The molecule has 2 atom stereocenters. The van der Waals surface area contributed by atoms with Crippen LogP contribution in [0.25, 0.3) is 0 Å². The van der Waals surface area contributed by atoms with Gasteiger partial charge in [-0.3, -0.25) is 14.5 Å². The van der Waals surface area contributed by atoms with Crippen molar-refractivity contribution in [1.82, 2.24) is 10.2 Å². The number of carboxylic acids is 1. The molecule has 0 saturated carbocycles. The largest absolute Gasteiger partial charge is 0.480 e. The molecule has 2 N–H and O–H groups in total. The second kappa shape index (κ2) is 6.56. The van der Waals surface area contributed by atoms with Crippen molar-refractivity contribution in [2.45, 2.75) is 18.9 Å². The van der Waals surface area contributed by atoms with E-state index >= 15 is 0 Å². The van der Waals surface area contributed by atoms with Crippen LogP contribution < -0.4 is 5.32 Å². The lowest BCUT2D eigenvalue weighted by Gasteiger charge is -2.35. The molecular formula is C11H20N2O4. The van der Waals surface area contributed by atoms with Crippen LogP contribution >= 0.6 is 0 Å². The summed E-state index contributed by atoms with van der Waals surface area (Å²) in [4.78, 5) is 24.5. The minimum Gasteiger partial charge on any atom is -0.480 e. The van der Waals surface area contributed by atoms with E-state index in [9.17, 15) is 9.59 Å². The predicted octanol–water partition coefficient (Wildman–Crippen LogP) is -0.456. The van der Waals surface area contributed by atoms with Gasteiger partial charge in [0.25, 0.3) is 0 Å². The number of carbonyl (C=O) groups is 2. The normalized spacial score (nSPS) is 23.1. The molecule has 1 fully saturated rings. The Labute approximate surface area is 101 Å². The maximum atomic E-state index is 11.5. The Kier molecular flexibility index (Phi) is 5.37. The molecule has 17 heavy (non-hydrogen) atoms. The van der Waals surface area contributed by atoms with Crippen LogP contribution in [0, 0.1) is 5.92 Å². The highest BCUT2D eigenvalue weighted by Crippen LogP contribution is 2.19. The van der Waals surface area contributed by atoms with Crippen molar-refractivity contribution in [3.05, 3.63) is 0 Å². The molecular weight excluding hydrogens is 224 g/mol. The number of rotatable bonds is 5. The van der Waals surface area contributed by atoms with Gasteiger partial charge in [-0.25, -0.2) is 0 Å². The Morgan fingerprint density at radius 1 is 1.59 bits per heavy atom. The molecule has 1 aliphatic rings. The van der Waals surface area contributed by atoms with Gasteiger partial charge in [0.05, 0.1) is 12.5 Å². The first-order chi connectivity index (χ1) is 8.10. The lowest BCUT2D eigenvalue weighted by atomic mass is 9.96. The molecule has 0 bridgehead atoms. The summed E-state index contributed by atoms with van der Waals surface area (Å²) in [7, 11) is 3.08. The first kappa shape index (κ1) is 13.9. The van der Waals surface area contributed by atoms with E-state index in [0.717, 1.165) is 12.8 Å². The SMILES string of the molecule is CNC(=O)C1CCCN(C(COC)C(=O)O)C1. The molecule has 0 spiro atoms. The second-order valence-electron chi connectivity index (χ2n) is 4.26. The molecule has 1 saturated heterocycles. The maximum absolute atomic E-state index is 11.5. The summed E-state index contributed by atoms with van der Waals surface area (Å²) in [5, 5.41) is 11.7. The summed E-state index contributed by atoms with van der Waals surface area (Å²) in [5.41, 5.74) is 0. The Bertz CT molecular complexity index is 283. The van der Waals surface area contributed by atoms with E-state index in [-0.39, 0.29) is 18.4 Å². The van der Waals surface area contributed by atoms with Crippen molar-refractivity contribution in [3.63, 3.8) is 0 Å². The minimum absolute atomic E-state index is 0.0174. The number of carbonyl (C=O) groups excluding carboxylic acids is 1. The van der Waals surface area contributed by atoms with Crippen LogP contribution in [0.5, 0.6) is 0 Å². The first-order valence-electron chi connectivity index (χ1n) is 5.77. The van der Waals surface area contributed by atoms with Crippen LogP contribution in [-0.2, 0) is 14.3 Å². The number of likely N-dealkylation sites (tertiary alicyclic amines) is 1. The fourth-order valence-electron chi connectivity index (χ4n) is 2.20. The molecule has 1 aliphatic heterocycles. The monoisotopic (exact) mass is 244 g/mol. The van der Waals surface area contributed by atoms with E-state index in [0.29, 0.717) is 13.1 Å². The van der Waals surface area contributed by atoms with E-state index in [1.54, 1.807) is 7.05 Å². The Morgan fingerprint density at radius 2 is 2.29 bits per heavy atom. The third-order valence-electron chi connectivity index (χ3n) is 3.12. The summed E-state index contributed by atoms with van der Waals surface area (Å²) in [6.07, 6.45) is 1.65. The number of piperidine rings is 1. The number of nitrogens with one attached hydrogen (secondary N) is 1. The zero-order valence-corrected chi connectivity index (χ0v) is 10.3. The van der Waals surface area contributed by atoms with Crippen molar-refractivity contribution in [3.8, 4) is 0 Å². The Balaban J connectivity index is 2.63. The van der Waals surface area contributed by atoms with Gasteiger partial charge < -0.3 is 15.2 Å². The van der Waals surface area contributed by atoms with Gasteiger partial charge in [0.15, 0.2) is 0 Å². The summed E-state index contributed by atoms with van der Waals surface area (Å²) in [6.45, 7) is 1.34. The standard InChI is InChI=1S/C11H20N2O4/c1-12-10(14)8-4-3-5-13(6-8)9(7-17-2)11(15)16/h8-9H,3-7H2,1-2H3,(H,12,14)(H,15,16). The third kappa shape index (κ3) is 3.67. The topological polar surface area (TPSA) is 78.9 Å². The van der Waals surface area contributed by atoms with Crippen molar-refractivity contribution < 1.29 is 19.4 Å². The van der Waals surface area contributed by atoms with Crippen LogP contribution in [0.4, 0.5) is 0 Å². The van der Waals surface area contributed by atoms with Gasteiger partial charge in [-0.1, -0.05) is 0 Å². The molecule has 1 amide bonds. The summed E-state index contributed by atoms with van der Waals surface area (Å²) < 4.78 is 4.92. The predicted molar refractivity (Wildman–Crippen MR) is 61.7 cm³/mol. The molecule has 6 heteroatoms. The van der Waals surface area contributed by atoms with E-state index in [1.165, 1.54) is 7.11 Å². The van der Waals surface area contributed by atoms with Gasteiger partial charge in [0.1, 0.15) is 6.04 Å². The van der Waals surface area contributed by atoms with Crippen molar-refractivity contribution in [1.29, 1.82) is 0 Å². The molecule has 98 valence electrons. The van der Waals surface area contributed by atoms with Gasteiger partial charge in [-0.15, -0.1) is 0 Å². The summed E-state index contributed by atoms with van der Waals surface area (Å²) >= 11 is 0. The molecule has 0 aromatic carbocycles. The number of amides is 1. The number of hydrogen-bond donors (Lipinski definition) is 2. The van der Waals surface area contributed by atoms with E-state index in [4.69, 9.17) is 9.84 Å². The van der Waals surface area contributed by atoms with Gasteiger partial charge in [-0.2, -0.15) is 0 Å². The zero-order chi connectivity index (χ0) is 12.8. The fourth-order valence-corrected chi connectivity index (χ4v) is 2.20. The molecule has 2 unspecified atom stereocenters. The van der Waals surface area contributed by atoms with Crippen molar-refractivity contribution >= 4 is 11.9 Å². The van der Waals surface area contributed by atoms with E-state index < -0.39 is 12.0 Å². The van der Waals surface area contributed by atoms with Crippen molar-refractivity contribution in [2.75, 3.05) is 33.9 Å². The first-order valence-corrected chi connectivity index (χ1v) is 5.77. The average Bonchev–Trinajstić information content (AvgIpc) is 2.34. The van der Waals surface area contributed by atoms with Crippen LogP contribution in [0.15, 0.2) is 0 Å². The highest BCUT2D eigenvalue weighted by molar-refractivity contribution is 5.79. The lowest BCUT2D eigenvalue weighted by molar-refractivity contribution is -0.147.